The molecule has 2 bridgehead atoms. The molecule has 2 N–H and O–H groups in total. The summed E-state index contributed by atoms with van der Waals surface area (Å²) < 4.78 is 45.7. The number of carbonyl (C=O) groups is 2. The monoisotopic (exact) mass is 350 g/mol. The Morgan fingerprint density at radius 1 is 1.33 bits per heavy atom. The summed E-state index contributed by atoms with van der Waals surface area (Å²) in [6, 6.07) is 0. The summed E-state index contributed by atoms with van der Waals surface area (Å²) in [5.41, 5.74) is -0.772. The highest BCUT2D eigenvalue weighted by Gasteiger charge is 2.73. The number of cyclic esters (lactones) is 1. The van der Waals surface area contributed by atoms with Gasteiger partial charge < -0.3 is 15.2 Å². The van der Waals surface area contributed by atoms with Gasteiger partial charge in [0, 0.05) is 5.92 Å². The van der Waals surface area contributed by atoms with Gasteiger partial charge in [0.25, 0.3) is 0 Å². The average molecular weight is 350 g/mol. The van der Waals surface area contributed by atoms with Crippen LogP contribution in [0.5, 0.6) is 0 Å². The zero-order valence-corrected chi connectivity index (χ0v) is 12.6. The molecule has 0 aromatic carbocycles. The summed E-state index contributed by atoms with van der Waals surface area (Å²) in [5.74, 6) is -0.121. The third-order valence-electron chi connectivity index (χ3n) is 5.74. The Morgan fingerprint density at radius 2 is 1.96 bits per heavy atom. The fraction of sp³-hybridized carbons (Fsp3) is 0.857. The first-order valence-electron chi connectivity index (χ1n) is 7.84. The number of nitrogens with one attached hydrogen (secondary N) is 1. The van der Waals surface area contributed by atoms with Crippen molar-refractivity contribution in [1.29, 1.82) is 0 Å². The molecule has 0 spiro atoms. The van der Waals surface area contributed by atoms with Gasteiger partial charge in [-0.2, -0.15) is 0 Å². The van der Waals surface area contributed by atoms with Gasteiger partial charge >= 0.3 is 18.5 Å². The maximum absolute atomic E-state index is 12.1. The molecule has 1 unspecified atom stereocenters. The van der Waals surface area contributed by atoms with Gasteiger partial charge in [-0.25, -0.2) is 9.59 Å². The van der Waals surface area contributed by atoms with Crippen molar-refractivity contribution >= 4 is 12.2 Å². The molecule has 1 aliphatic heterocycles. The molecule has 1 heterocycles. The van der Waals surface area contributed by atoms with E-state index in [1.165, 1.54) is 0 Å². The highest BCUT2D eigenvalue weighted by molar-refractivity contribution is 5.73. The third kappa shape index (κ3) is 2.38. The van der Waals surface area contributed by atoms with Crippen molar-refractivity contribution in [3.63, 3.8) is 0 Å². The van der Waals surface area contributed by atoms with E-state index in [1.807, 2.05) is 0 Å². The van der Waals surface area contributed by atoms with Gasteiger partial charge in [0.1, 0.15) is 6.10 Å². The minimum Gasteiger partial charge on any atom is -0.465 e. The Hall–Kier alpha value is -1.71. The van der Waals surface area contributed by atoms with E-state index in [0.29, 0.717) is 25.8 Å². The van der Waals surface area contributed by atoms with Crippen LogP contribution in [0.2, 0.25) is 0 Å². The molecular weight excluding hydrogens is 333 g/mol. The number of halogens is 3. The van der Waals surface area contributed by atoms with Crippen LogP contribution in [0.1, 0.15) is 32.1 Å². The molecule has 5 fully saturated rings. The lowest BCUT2D eigenvalue weighted by atomic mass is 9.43. The van der Waals surface area contributed by atoms with E-state index in [-0.39, 0.29) is 24.3 Å². The second-order valence-electron chi connectivity index (χ2n) is 7.42. The van der Waals surface area contributed by atoms with Gasteiger partial charge in [-0.3, -0.25) is 9.64 Å². The molecule has 0 aromatic rings. The lowest BCUT2D eigenvalue weighted by molar-refractivity contribution is -0.355. The van der Waals surface area contributed by atoms with E-state index < -0.39 is 36.3 Å². The van der Waals surface area contributed by atoms with Gasteiger partial charge in [-0.15, -0.1) is 13.2 Å². The predicted octanol–water partition coefficient (Wildman–Crippen LogP) is 2.06. The molecule has 2 amide bonds. The van der Waals surface area contributed by atoms with Crippen LogP contribution in [0.4, 0.5) is 22.8 Å². The Balaban J connectivity index is 1.28. The van der Waals surface area contributed by atoms with Crippen LogP contribution >= 0.6 is 0 Å². The van der Waals surface area contributed by atoms with Crippen molar-refractivity contribution in [3.8, 4) is 0 Å². The number of ether oxygens (including phenoxy) is 2. The van der Waals surface area contributed by atoms with Crippen molar-refractivity contribution in [2.24, 2.45) is 5.92 Å². The van der Waals surface area contributed by atoms with Gasteiger partial charge in [0.05, 0.1) is 23.7 Å². The Kier molecular flexibility index (Phi) is 3.08. The average Bonchev–Trinajstić information content (AvgIpc) is 2.66. The molecule has 24 heavy (non-hydrogen) atoms. The molecule has 5 rings (SSSR count). The quantitative estimate of drug-likeness (QED) is 0.810. The van der Waals surface area contributed by atoms with Crippen molar-refractivity contribution < 1.29 is 37.3 Å². The lowest BCUT2D eigenvalue weighted by Crippen LogP contribution is -2.83. The number of alkyl halides is 3. The predicted molar refractivity (Wildman–Crippen MR) is 71.1 cm³/mol. The number of amides is 2. The highest BCUT2D eigenvalue weighted by atomic mass is 19.4. The molecule has 0 aromatic heterocycles. The molecule has 7 nitrogen and oxygen atoms in total. The number of nitrogens with zero attached hydrogens (tertiary/aromatic N) is 1. The van der Waals surface area contributed by atoms with Gasteiger partial charge in [-0.1, -0.05) is 0 Å². The lowest BCUT2D eigenvalue weighted by Gasteiger charge is -2.72. The fourth-order valence-electron chi connectivity index (χ4n) is 4.69. The number of carboxylic acid groups (broad SMARTS) is 1. The molecule has 5 aliphatic rings. The first-order valence-corrected chi connectivity index (χ1v) is 7.84. The van der Waals surface area contributed by atoms with Crippen molar-refractivity contribution in [2.75, 3.05) is 6.54 Å². The summed E-state index contributed by atoms with van der Waals surface area (Å²) >= 11 is 0. The smallest absolute Gasteiger partial charge is 0.465 e. The molecule has 1 saturated heterocycles. The SMILES string of the molecule is O=C(O)NC12CC(N3CC(C4CC(OC(F)(F)F)C4)OC3=O)(C1)C2. The van der Waals surface area contributed by atoms with E-state index >= 15 is 0 Å². The third-order valence-corrected chi connectivity index (χ3v) is 5.74. The number of hydrogen-bond donors (Lipinski definition) is 2. The topological polar surface area (TPSA) is 88.1 Å². The number of hydrogen-bond acceptors (Lipinski definition) is 4. The van der Waals surface area contributed by atoms with Crippen molar-refractivity contribution in [3.05, 3.63) is 0 Å². The van der Waals surface area contributed by atoms with E-state index in [2.05, 4.69) is 10.1 Å². The first kappa shape index (κ1) is 15.8. The molecule has 134 valence electrons. The maximum atomic E-state index is 12.1. The summed E-state index contributed by atoms with van der Waals surface area (Å²) in [6.45, 7) is 0.353. The summed E-state index contributed by atoms with van der Waals surface area (Å²) in [6.07, 6.45) is -5.28. The van der Waals surface area contributed by atoms with E-state index in [4.69, 9.17) is 9.84 Å². The number of carbonyl (C=O) groups excluding carboxylic acids is 1. The summed E-state index contributed by atoms with van der Waals surface area (Å²) in [4.78, 5) is 24.4. The van der Waals surface area contributed by atoms with E-state index in [9.17, 15) is 22.8 Å². The van der Waals surface area contributed by atoms with Crippen LogP contribution in [0.15, 0.2) is 0 Å². The van der Waals surface area contributed by atoms with Crippen molar-refractivity contribution in [2.45, 2.75) is 61.8 Å². The Bertz CT molecular complexity index is 570. The standard InChI is InChI=1S/C14H17F3N2O5/c15-14(16,17)24-8-1-7(2-8)9-3-19(11(22)23-9)13-4-12(5-13,6-13)18-10(20)21/h7-9,18H,1-6H2,(H,20,21). The zero-order chi connectivity index (χ0) is 17.3. The molecule has 1 atom stereocenters. The maximum Gasteiger partial charge on any atom is 0.522 e. The molecule has 0 radical (unpaired) electrons. The normalized spacial score (nSPS) is 43.4. The molecule has 4 aliphatic carbocycles. The Labute approximate surface area is 135 Å². The van der Waals surface area contributed by atoms with Crippen LogP contribution in [-0.4, -0.2) is 58.4 Å². The van der Waals surface area contributed by atoms with Crippen molar-refractivity contribution in [1.82, 2.24) is 10.2 Å². The van der Waals surface area contributed by atoms with Gasteiger partial charge in [0.15, 0.2) is 0 Å². The second-order valence-corrected chi connectivity index (χ2v) is 7.42. The minimum absolute atomic E-state index is 0.121. The second kappa shape index (κ2) is 4.68. The summed E-state index contributed by atoms with van der Waals surface area (Å²) in [5, 5.41) is 11.3. The first-order chi connectivity index (χ1) is 11.1. The molecular formula is C14H17F3N2O5. The largest absolute Gasteiger partial charge is 0.522 e. The van der Waals surface area contributed by atoms with E-state index in [0.717, 1.165) is 0 Å². The van der Waals surface area contributed by atoms with Crippen LogP contribution in [0.25, 0.3) is 0 Å². The minimum atomic E-state index is -4.63. The Morgan fingerprint density at radius 3 is 2.50 bits per heavy atom. The highest BCUT2D eigenvalue weighted by Crippen LogP contribution is 2.64. The molecule has 4 saturated carbocycles. The van der Waals surface area contributed by atoms with Crippen LogP contribution in [0.3, 0.4) is 0 Å². The zero-order valence-electron chi connectivity index (χ0n) is 12.6. The van der Waals surface area contributed by atoms with Crippen LogP contribution < -0.4 is 5.32 Å². The van der Waals surface area contributed by atoms with Gasteiger partial charge in [-0.05, 0) is 32.1 Å². The van der Waals surface area contributed by atoms with Gasteiger partial charge in [0.2, 0.25) is 0 Å². The summed E-state index contributed by atoms with van der Waals surface area (Å²) in [7, 11) is 0. The fourth-order valence-corrected chi connectivity index (χ4v) is 4.69. The number of rotatable bonds is 4. The molecule has 10 heteroatoms. The van der Waals surface area contributed by atoms with E-state index in [1.54, 1.807) is 4.90 Å². The van der Waals surface area contributed by atoms with Crippen LogP contribution in [0, 0.1) is 5.92 Å². The van der Waals surface area contributed by atoms with Crippen LogP contribution in [-0.2, 0) is 9.47 Å².